The average molecular weight is 294 g/mol. The maximum atomic E-state index is 11.8. The molecule has 0 spiro atoms. The lowest BCUT2D eigenvalue weighted by Gasteiger charge is -2.22. The Morgan fingerprint density at radius 3 is 2.45 bits per heavy atom. The van der Waals surface area contributed by atoms with Gasteiger partial charge in [-0.15, -0.1) is 0 Å². The lowest BCUT2D eigenvalue weighted by Crippen LogP contribution is -2.39. The van der Waals surface area contributed by atoms with Crippen molar-refractivity contribution in [3.8, 4) is 0 Å². The SMILES string of the molecule is O=C(O)Cc1ccc(NC(=O)NC2CCSCC2)cc1. The second-order valence-electron chi connectivity index (χ2n) is 4.75. The molecule has 1 fully saturated rings. The second kappa shape index (κ2) is 7.19. The van der Waals surface area contributed by atoms with Gasteiger partial charge in [-0.3, -0.25) is 4.79 Å². The van der Waals surface area contributed by atoms with Crippen molar-refractivity contribution in [2.24, 2.45) is 0 Å². The smallest absolute Gasteiger partial charge is 0.319 e. The van der Waals surface area contributed by atoms with E-state index in [0.29, 0.717) is 11.3 Å². The molecule has 1 aliphatic rings. The van der Waals surface area contributed by atoms with Crippen molar-refractivity contribution in [1.82, 2.24) is 5.32 Å². The van der Waals surface area contributed by atoms with Crippen LogP contribution >= 0.6 is 11.8 Å². The summed E-state index contributed by atoms with van der Waals surface area (Å²) in [5, 5.41) is 14.4. The topological polar surface area (TPSA) is 78.4 Å². The van der Waals surface area contributed by atoms with Crippen molar-refractivity contribution in [1.29, 1.82) is 0 Å². The number of urea groups is 1. The molecule has 3 N–H and O–H groups in total. The Hall–Kier alpha value is -1.69. The number of rotatable bonds is 4. The Morgan fingerprint density at radius 2 is 1.85 bits per heavy atom. The van der Waals surface area contributed by atoms with Gasteiger partial charge in [-0.25, -0.2) is 4.79 Å². The molecule has 1 aliphatic heterocycles. The lowest BCUT2D eigenvalue weighted by atomic mass is 10.1. The van der Waals surface area contributed by atoms with E-state index < -0.39 is 5.97 Å². The number of anilines is 1. The highest BCUT2D eigenvalue weighted by atomic mass is 32.2. The molecule has 1 aromatic carbocycles. The fourth-order valence-corrected chi connectivity index (χ4v) is 3.18. The quantitative estimate of drug-likeness (QED) is 0.796. The monoisotopic (exact) mass is 294 g/mol. The lowest BCUT2D eigenvalue weighted by molar-refractivity contribution is -0.136. The minimum absolute atomic E-state index is 0.00772. The maximum Gasteiger partial charge on any atom is 0.319 e. The minimum atomic E-state index is -0.862. The molecule has 0 radical (unpaired) electrons. The van der Waals surface area contributed by atoms with Crippen LogP contribution in [0.3, 0.4) is 0 Å². The van der Waals surface area contributed by atoms with Crippen LogP contribution < -0.4 is 10.6 Å². The maximum absolute atomic E-state index is 11.8. The molecule has 2 rings (SSSR count). The molecule has 20 heavy (non-hydrogen) atoms. The van der Waals surface area contributed by atoms with E-state index in [2.05, 4.69) is 10.6 Å². The van der Waals surface area contributed by atoms with E-state index in [-0.39, 0.29) is 18.5 Å². The third-order valence-electron chi connectivity index (χ3n) is 3.12. The van der Waals surface area contributed by atoms with Gasteiger partial charge in [0.05, 0.1) is 6.42 Å². The van der Waals surface area contributed by atoms with Crippen LogP contribution in [0.25, 0.3) is 0 Å². The molecular formula is C14H18N2O3S. The van der Waals surface area contributed by atoms with Crippen molar-refractivity contribution >= 4 is 29.4 Å². The van der Waals surface area contributed by atoms with Gasteiger partial charge >= 0.3 is 12.0 Å². The van der Waals surface area contributed by atoms with Crippen LogP contribution in [0, 0.1) is 0 Å². The Bertz CT molecular complexity index is 470. The third-order valence-corrected chi connectivity index (χ3v) is 4.17. The molecule has 6 heteroatoms. The number of nitrogens with one attached hydrogen (secondary N) is 2. The normalized spacial score (nSPS) is 15.6. The molecule has 1 heterocycles. The first-order chi connectivity index (χ1) is 9.63. The van der Waals surface area contributed by atoms with Gasteiger partial charge in [0.1, 0.15) is 0 Å². The number of carbonyl (C=O) groups is 2. The van der Waals surface area contributed by atoms with E-state index in [1.165, 1.54) is 0 Å². The first kappa shape index (κ1) is 14.7. The van der Waals surface area contributed by atoms with E-state index in [9.17, 15) is 9.59 Å². The first-order valence-electron chi connectivity index (χ1n) is 6.59. The number of hydrogen-bond donors (Lipinski definition) is 3. The van der Waals surface area contributed by atoms with E-state index in [1.54, 1.807) is 24.3 Å². The summed E-state index contributed by atoms with van der Waals surface area (Å²) in [6, 6.07) is 6.90. The van der Waals surface area contributed by atoms with Gasteiger partial charge in [0.2, 0.25) is 0 Å². The number of carboxylic acid groups (broad SMARTS) is 1. The fraction of sp³-hybridized carbons (Fsp3) is 0.429. The number of carboxylic acids is 1. The van der Waals surface area contributed by atoms with Crippen LogP contribution in [-0.2, 0) is 11.2 Å². The van der Waals surface area contributed by atoms with E-state index in [4.69, 9.17) is 5.11 Å². The number of thioether (sulfide) groups is 1. The van der Waals surface area contributed by atoms with E-state index in [1.807, 2.05) is 11.8 Å². The van der Waals surface area contributed by atoms with Gasteiger partial charge in [0.25, 0.3) is 0 Å². The van der Waals surface area contributed by atoms with Gasteiger partial charge in [0.15, 0.2) is 0 Å². The minimum Gasteiger partial charge on any atom is -0.481 e. The molecule has 5 nitrogen and oxygen atoms in total. The van der Waals surface area contributed by atoms with Crippen molar-refractivity contribution in [3.63, 3.8) is 0 Å². The summed E-state index contributed by atoms with van der Waals surface area (Å²) >= 11 is 1.92. The molecule has 0 aromatic heterocycles. The Morgan fingerprint density at radius 1 is 1.20 bits per heavy atom. The van der Waals surface area contributed by atoms with E-state index in [0.717, 1.165) is 24.3 Å². The molecule has 1 saturated heterocycles. The highest BCUT2D eigenvalue weighted by Crippen LogP contribution is 2.17. The van der Waals surface area contributed by atoms with Crippen molar-refractivity contribution in [2.45, 2.75) is 25.3 Å². The second-order valence-corrected chi connectivity index (χ2v) is 5.98. The zero-order chi connectivity index (χ0) is 14.4. The summed E-state index contributed by atoms with van der Waals surface area (Å²) in [7, 11) is 0. The Balaban J connectivity index is 1.82. The Kier molecular flexibility index (Phi) is 5.29. The zero-order valence-electron chi connectivity index (χ0n) is 11.1. The summed E-state index contributed by atoms with van der Waals surface area (Å²) in [6.07, 6.45) is 2.01. The third kappa shape index (κ3) is 4.77. The first-order valence-corrected chi connectivity index (χ1v) is 7.75. The molecule has 0 bridgehead atoms. The number of hydrogen-bond acceptors (Lipinski definition) is 3. The summed E-state index contributed by atoms with van der Waals surface area (Å²) < 4.78 is 0. The highest BCUT2D eigenvalue weighted by molar-refractivity contribution is 7.99. The molecule has 0 unspecified atom stereocenters. The molecule has 0 aliphatic carbocycles. The summed E-state index contributed by atoms with van der Waals surface area (Å²) in [5.41, 5.74) is 1.38. The molecule has 0 atom stereocenters. The van der Waals surface area contributed by atoms with Gasteiger partial charge < -0.3 is 15.7 Å². The molecule has 1 aromatic rings. The average Bonchev–Trinajstić information content (AvgIpc) is 2.41. The van der Waals surface area contributed by atoms with Crippen LogP contribution in [0.2, 0.25) is 0 Å². The fourth-order valence-electron chi connectivity index (χ4n) is 2.08. The standard InChI is InChI=1S/C14H18N2O3S/c17-13(18)9-10-1-3-11(4-2-10)15-14(19)16-12-5-7-20-8-6-12/h1-4,12H,5-9H2,(H,17,18)(H2,15,16,19). The van der Waals surface area contributed by atoms with Crippen molar-refractivity contribution < 1.29 is 14.7 Å². The van der Waals surface area contributed by atoms with Gasteiger partial charge in [-0.1, -0.05) is 12.1 Å². The summed E-state index contributed by atoms with van der Waals surface area (Å²) in [5.74, 6) is 1.32. The number of aliphatic carboxylic acids is 1. The molecule has 2 amide bonds. The van der Waals surface area contributed by atoms with Crippen LogP contribution in [0.5, 0.6) is 0 Å². The van der Waals surface area contributed by atoms with E-state index >= 15 is 0 Å². The number of benzene rings is 1. The summed E-state index contributed by atoms with van der Waals surface area (Å²) in [4.78, 5) is 22.4. The number of carbonyl (C=O) groups excluding carboxylic acids is 1. The molecule has 0 saturated carbocycles. The molecular weight excluding hydrogens is 276 g/mol. The van der Waals surface area contributed by atoms with Gasteiger partial charge in [-0.2, -0.15) is 11.8 Å². The van der Waals surface area contributed by atoms with Crippen molar-refractivity contribution in [2.75, 3.05) is 16.8 Å². The van der Waals surface area contributed by atoms with Crippen LogP contribution in [0.1, 0.15) is 18.4 Å². The predicted molar refractivity (Wildman–Crippen MR) is 80.3 cm³/mol. The van der Waals surface area contributed by atoms with Crippen molar-refractivity contribution in [3.05, 3.63) is 29.8 Å². The zero-order valence-corrected chi connectivity index (χ0v) is 11.9. The Labute approximate surface area is 122 Å². The van der Waals surface area contributed by atoms with Crippen LogP contribution in [-0.4, -0.2) is 34.7 Å². The number of amides is 2. The van der Waals surface area contributed by atoms with Gasteiger partial charge in [-0.05, 0) is 42.0 Å². The van der Waals surface area contributed by atoms with Crippen LogP contribution in [0.15, 0.2) is 24.3 Å². The highest BCUT2D eigenvalue weighted by Gasteiger charge is 2.15. The molecule has 108 valence electrons. The summed E-state index contributed by atoms with van der Waals surface area (Å²) in [6.45, 7) is 0. The predicted octanol–water partition coefficient (Wildman–Crippen LogP) is 2.33. The van der Waals surface area contributed by atoms with Gasteiger partial charge in [0, 0.05) is 11.7 Å². The van der Waals surface area contributed by atoms with Crippen LogP contribution in [0.4, 0.5) is 10.5 Å². The largest absolute Gasteiger partial charge is 0.481 e.